The molecule has 0 radical (unpaired) electrons. The molecule has 3 nitrogen and oxygen atoms in total. The molecule has 80 valence electrons. The van der Waals surface area contributed by atoms with Crippen molar-refractivity contribution in [1.29, 1.82) is 0 Å². The van der Waals surface area contributed by atoms with Gasteiger partial charge in [0, 0.05) is 11.0 Å². The van der Waals surface area contributed by atoms with E-state index in [1.807, 2.05) is 12.1 Å². The molecule has 3 rings (SSSR count). The predicted molar refractivity (Wildman–Crippen MR) is 61.8 cm³/mol. The summed E-state index contributed by atoms with van der Waals surface area (Å²) in [5.41, 5.74) is 0.732. The number of hydrogen-bond acceptors (Lipinski definition) is 3. The summed E-state index contributed by atoms with van der Waals surface area (Å²) >= 11 is 3.31. The minimum absolute atomic E-state index is 0.445. The summed E-state index contributed by atoms with van der Waals surface area (Å²) in [6.07, 6.45) is 1.57. The number of anilines is 1. The van der Waals surface area contributed by atoms with Crippen LogP contribution in [-0.4, -0.2) is 19.7 Å². The van der Waals surface area contributed by atoms with E-state index in [0.717, 1.165) is 23.0 Å². The van der Waals surface area contributed by atoms with Crippen molar-refractivity contribution in [2.75, 3.05) is 11.9 Å². The van der Waals surface area contributed by atoms with Gasteiger partial charge in [0.05, 0.1) is 15.3 Å². The van der Waals surface area contributed by atoms with E-state index in [4.69, 9.17) is 0 Å². The van der Waals surface area contributed by atoms with Crippen LogP contribution in [0.1, 0.15) is 12.8 Å². The van der Waals surface area contributed by atoms with Gasteiger partial charge in [-0.05, 0) is 31.0 Å². The third-order valence-corrected chi connectivity index (χ3v) is 6.31. The van der Waals surface area contributed by atoms with Crippen LogP contribution >= 0.6 is 15.9 Å². The Morgan fingerprint density at radius 1 is 1.33 bits per heavy atom. The van der Waals surface area contributed by atoms with Crippen molar-refractivity contribution in [1.82, 2.24) is 0 Å². The molecule has 0 aromatic heterocycles. The average Bonchev–Trinajstić information content (AvgIpc) is 2.95. The third kappa shape index (κ3) is 1.19. The van der Waals surface area contributed by atoms with Crippen molar-refractivity contribution in [3.63, 3.8) is 0 Å². The van der Waals surface area contributed by atoms with E-state index in [2.05, 4.69) is 21.2 Å². The Morgan fingerprint density at radius 3 is 2.73 bits per heavy atom. The van der Waals surface area contributed by atoms with Crippen molar-refractivity contribution in [2.45, 2.75) is 22.5 Å². The number of benzene rings is 1. The van der Waals surface area contributed by atoms with Crippen LogP contribution in [0.5, 0.6) is 0 Å². The Labute approximate surface area is 96.9 Å². The minimum Gasteiger partial charge on any atom is -0.382 e. The molecule has 1 saturated carbocycles. The van der Waals surface area contributed by atoms with Crippen LogP contribution in [0.3, 0.4) is 0 Å². The van der Waals surface area contributed by atoms with Crippen LogP contribution < -0.4 is 5.32 Å². The summed E-state index contributed by atoms with van der Waals surface area (Å²) in [5.74, 6) is 0. The van der Waals surface area contributed by atoms with Crippen molar-refractivity contribution >= 4 is 31.5 Å². The Kier molecular flexibility index (Phi) is 1.78. The van der Waals surface area contributed by atoms with Gasteiger partial charge in [0.25, 0.3) is 0 Å². The molecule has 0 saturated heterocycles. The van der Waals surface area contributed by atoms with Gasteiger partial charge in [0.1, 0.15) is 0 Å². The Bertz CT molecular complexity index is 534. The number of nitrogens with one attached hydrogen (secondary N) is 1. The quantitative estimate of drug-likeness (QED) is 0.796. The van der Waals surface area contributed by atoms with E-state index < -0.39 is 14.6 Å². The maximum Gasteiger partial charge on any atom is 0.187 e. The van der Waals surface area contributed by atoms with Gasteiger partial charge in [0.2, 0.25) is 0 Å². The van der Waals surface area contributed by atoms with Crippen LogP contribution in [0.2, 0.25) is 0 Å². The van der Waals surface area contributed by atoms with E-state index in [1.165, 1.54) is 0 Å². The number of rotatable bonds is 0. The van der Waals surface area contributed by atoms with Gasteiger partial charge in [-0.25, -0.2) is 8.42 Å². The standard InChI is InChI=1S/C10H10BrNO2S/c11-7-1-2-8-9(5-7)15(13,14)10(3-4-10)6-12-8/h1-2,5,12H,3-4,6H2. The highest BCUT2D eigenvalue weighted by atomic mass is 79.9. The monoisotopic (exact) mass is 287 g/mol. The maximum atomic E-state index is 12.3. The third-order valence-electron chi connectivity index (χ3n) is 3.21. The van der Waals surface area contributed by atoms with E-state index in [9.17, 15) is 8.42 Å². The Balaban J connectivity index is 2.27. The molecule has 0 bridgehead atoms. The highest BCUT2D eigenvalue weighted by molar-refractivity contribution is 9.10. The highest BCUT2D eigenvalue weighted by Gasteiger charge is 2.57. The normalized spacial score (nSPS) is 24.3. The number of hydrogen-bond donors (Lipinski definition) is 1. The first-order valence-electron chi connectivity index (χ1n) is 4.83. The van der Waals surface area contributed by atoms with E-state index >= 15 is 0 Å². The second-order valence-corrected chi connectivity index (χ2v) is 7.41. The summed E-state index contributed by atoms with van der Waals surface area (Å²) in [4.78, 5) is 0.445. The van der Waals surface area contributed by atoms with E-state index in [0.29, 0.717) is 11.4 Å². The van der Waals surface area contributed by atoms with Crippen LogP contribution in [0.15, 0.2) is 27.6 Å². The fourth-order valence-corrected chi connectivity index (χ4v) is 4.63. The first-order chi connectivity index (χ1) is 7.05. The number of sulfone groups is 1. The van der Waals surface area contributed by atoms with Gasteiger partial charge in [-0.1, -0.05) is 15.9 Å². The summed E-state index contributed by atoms with van der Waals surface area (Å²) in [6.45, 7) is 0.559. The second-order valence-electron chi connectivity index (χ2n) is 4.18. The molecule has 1 aliphatic heterocycles. The van der Waals surface area contributed by atoms with Gasteiger partial charge < -0.3 is 5.32 Å². The minimum atomic E-state index is -3.12. The van der Waals surface area contributed by atoms with Crippen LogP contribution in [0.4, 0.5) is 5.69 Å². The first-order valence-corrected chi connectivity index (χ1v) is 7.11. The van der Waals surface area contributed by atoms with Crippen LogP contribution in [0, 0.1) is 0 Å². The molecule has 0 atom stereocenters. The molecule has 0 unspecified atom stereocenters. The molecule has 1 spiro atoms. The summed E-state index contributed by atoms with van der Waals surface area (Å²) in [5, 5.41) is 3.20. The summed E-state index contributed by atoms with van der Waals surface area (Å²) in [6, 6.07) is 5.36. The molecule has 2 aliphatic rings. The van der Waals surface area contributed by atoms with Crippen LogP contribution in [-0.2, 0) is 9.84 Å². The Morgan fingerprint density at radius 2 is 2.07 bits per heavy atom. The maximum absolute atomic E-state index is 12.3. The fraction of sp³-hybridized carbons (Fsp3) is 0.400. The highest BCUT2D eigenvalue weighted by Crippen LogP contribution is 2.51. The largest absolute Gasteiger partial charge is 0.382 e. The zero-order valence-corrected chi connectivity index (χ0v) is 10.4. The van der Waals surface area contributed by atoms with Crippen molar-refractivity contribution in [3.8, 4) is 0 Å². The van der Waals surface area contributed by atoms with E-state index in [1.54, 1.807) is 6.07 Å². The molecule has 1 fully saturated rings. The van der Waals surface area contributed by atoms with Gasteiger partial charge >= 0.3 is 0 Å². The SMILES string of the molecule is O=S1(=O)c2cc(Br)ccc2NCC12CC2. The molecule has 15 heavy (non-hydrogen) atoms. The molecular weight excluding hydrogens is 278 g/mol. The molecule has 1 heterocycles. The molecular formula is C10H10BrNO2S. The summed E-state index contributed by atoms with van der Waals surface area (Å²) in [7, 11) is -3.12. The molecule has 1 aromatic carbocycles. The lowest BCUT2D eigenvalue weighted by Gasteiger charge is -2.26. The van der Waals surface area contributed by atoms with Gasteiger partial charge in [-0.3, -0.25) is 0 Å². The molecule has 1 N–H and O–H groups in total. The van der Waals surface area contributed by atoms with E-state index in [-0.39, 0.29) is 0 Å². The lowest BCUT2D eigenvalue weighted by molar-refractivity contribution is 0.575. The first kappa shape index (κ1) is 9.66. The molecule has 1 aromatic rings. The summed E-state index contributed by atoms with van der Waals surface area (Å²) < 4.78 is 24.9. The van der Waals surface area contributed by atoms with Gasteiger partial charge in [0.15, 0.2) is 9.84 Å². The van der Waals surface area contributed by atoms with Crippen molar-refractivity contribution in [2.24, 2.45) is 0 Å². The molecule has 0 amide bonds. The number of fused-ring (bicyclic) bond motifs is 1. The lowest BCUT2D eigenvalue weighted by atomic mass is 10.3. The predicted octanol–water partition coefficient (Wildman–Crippen LogP) is 2.18. The second kappa shape index (κ2) is 2.77. The van der Waals surface area contributed by atoms with Gasteiger partial charge in [-0.15, -0.1) is 0 Å². The smallest absolute Gasteiger partial charge is 0.187 e. The fourth-order valence-electron chi connectivity index (χ4n) is 2.03. The van der Waals surface area contributed by atoms with Crippen molar-refractivity contribution < 1.29 is 8.42 Å². The zero-order valence-electron chi connectivity index (χ0n) is 7.96. The van der Waals surface area contributed by atoms with Crippen molar-refractivity contribution in [3.05, 3.63) is 22.7 Å². The van der Waals surface area contributed by atoms with Crippen LogP contribution in [0.25, 0.3) is 0 Å². The number of halogens is 1. The molecule has 1 aliphatic carbocycles. The molecule has 5 heteroatoms. The lowest BCUT2D eigenvalue weighted by Crippen LogP contribution is -2.36. The Hall–Kier alpha value is -0.550. The average molecular weight is 288 g/mol. The van der Waals surface area contributed by atoms with Gasteiger partial charge in [-0.2, -0.15) is 0 Å². The topological polar surface area (TPSA) is 46.2 Å². The zero-order chi connectivity index (χ0) is 10.7.